The summed E-state index contributed by atoms with van der Waals surface area (Å²) in [5, 5.41) is 2.82. The Bertz CT molecular complexity index is 503. The number of nitrogens with one attached hydrogen (secondary N) is 1. The summed E-state index contributed by atoms with van der Waals surface area (Å²) in [6.45, 7) is 0.319. The molecule has 0 amide bonds. The highest BCUT2D eigenvalue weighted by Gasteiger charge is 2.08. The van der Waals surface area contributed by atoms with Crippen LogP contribution >= 0.6 is 0 Å². The maximum Gasteiger partial charge on any atom is 0.178 e. The van der Waals surface area contributed by atoms with E-state index in [2.05, 4.69) is 15.3 Å². The first-order valence-corrected chi connectivity index (χ1v) is 4.67. The van der Waals surface area contributed by atoms with E-state index in [0.29, 0.717) is 12.1 Å². The van der Waals surface area contributed by atoms with Crippen molar-refractivity contribution < 1.29 is 4.79 Å². The molecule has 0 aliphatic heterocycles. The largest absolute Gasteiger partial charge is 0.318 e. The van der Waals surface area contributed by atoms with Crippen molar-refractivity contribution in [3.63, 3.8) is 0 Å². The van der Waals surface area contributed by atoms with Crippen LogP contribution in [0.1, 0.15) is 10.4 Å². The van der Waals surface area contributed by atoms with Crippen molar-refractivity contribution in [3.8, 4) is 0 Å². The zero-order valence-electron chi connectivity index (χ0n) is 8.69. The summed E-state index contributed by atoms with van der Waals surface area (Å²) in [7, 11) is 3.61. The van der Waals surface area contributed by atoms with Crippen molar-refractivity contribution in [1.29, 1.82) is 0 Å². The summed E-state index contributed by atoms with van der Waals surface area (Å²) in [4.78, 5) is 19.9. The number of rotatable bonds is 3. The Hall–Kier alpha value is -1.75. The van der Waals surface area contributed by atoms with E-state index in [-0.39, 0.29) is 5.78 Å². The third kappa shape index (κ3) is 1.73. The minimum absolute atomic E-state index is 0.0255. The highest BCUT2D eigenvalue weighted by atomic mass is 16.1. The number of nitrogens with zero attached hydrogens (tertiary/aromatic N) is 3. The van der Waals surface area contributed by atoms with Gasteiger partial charge in [-0.05, 0) is 13.1 Å². The minimum atomic E-state index is 0.0255. The maximum absolute atomic E-state index is 11.6. The maximum atomic E-state index is 11.6. The molecule has 0 aromatic carbocycles. The fourth-order valence-corrected chi connectivity index (χ4v) is 1.43. The number of aromatic nitrogens is 3. The first-order valence-electron chi connectivity index (χ1n) is 4.67. The Balaban J connectivity index is 2.43. The second kappa shape index (κ2) is 3.78. The van der Waals surface area contributed by atoms with Crippen LogP contribution in [0.15, 0.2) is 18.6 Å². The van der Waals surface area contributed by atoms with Gasteiger partial charge >= 0.3 is 0 Å². The number of hydrogen-bond donors (Lipinski definition) is 1. The van der Waals surface area contributed by atoms with Crippen LogP contribution in [0.4, 0.5) is 0 Å². The molecule has 5 nitrogen and oxygen atoms in total. The molecule has 0 bridgehead atoms. The van der Waals surface area contributed by atoms with Gasteiger partial charge in [0.15, 0.2) is 11.4 Å². The summed E-state index contributed by atoms with van der Waals surface area (Å²) in [5.41, 5.74) is 2.13. The summed E-state index contributed by atoms with van der Waals surface area (Å²) < 4.78 is 1.82. The third-order valence-corrected chi connectivity index (χ3v) is 2.21. The molecule has 5 heteroatoms. The van der Waals surface area contributed by atoms with E-state index < -0.39 is 0 Å². The number of carbonyl (C=O) groups excluding carboxylic acids is 1. The van der Waals surface area contributed by atoms with Gasteiger partial charge in [0, 0.05) is 18.8 Å². The lowest BCUT2D eigenvalue weighted by molar-refractivity contribution is 0.0993. The van der Waals surface area contributed by atoms with Crippen molar-refractivity contribution in [2.24, 2.45) is 7.05 Å². The standard InChI is InChI=1S/C10H12N4O/c1-11-5-9(15)7-3-8-10(12-4-7)14(2)6-13-8/h3-4,6,11H,5H2,1-2H3. The van der Waals surface area contributed by atoms with Gasteiger partial charge < -0.3 is 9.88 Å². The summed E-state index contributed by atoms with van der Waals surface area (Å²) in [6.07, 6.45) is 3.27. The van der Waals surface area contributed by atoms with Crippen LogP contribution in [0, 0.1) is 0 Å². The van der Waals surface area contributed by atoms with Crippen LogP contribution in [0.3, 0.4) is 0 Å². The van der Waals surface area contributed by atoms with Crippen LogP contribution in [0.2, 0.25) is 0 Å². The zero-order valence-corrected chi connectivity index (χ0v) is 8.69. The molecule has 0 saturated carbocycles. The lowest BCUT2D eigenvalue weighted by Gasteiger charge is -1.99. The van der Waals surface area contributed by atoms with E-state index in [9.17, 15) is 4.79 Å². The predicted molar refractivity (Wildman–Crippen MR) is 56.8 cm³/mol. The van der Waals surface area contributed by atoms with E-state index in [4.69, 9.17) is 0 Å². The highest BCUT2D eigenvalue weighted by Crippen LogP contribution is 2.10. The molecule has 0 spiro atoms. The van der Waals surface area contributed by atoms with Gasteiger partial charge in [-0.2, -0.15) is 0 Å². The fraction of sp³-hybridized carbons (Fsp3) is 0.300. The Morgan fingerprint density at radius 2 is 2.33 bits per heavy atom. The molecule has 0 aliphatic carbocycles. The van der Waals surface area contributed by atoms with Gasteiger partial charge in [-0.25, -0.2) is 9.97 Å². The average molecular weight is 204 g/mol. The van der Waals surface area contributed by atoms with Gasteiger partial charge in [0.25, 0.3) is 0 Å². The van der Waals surface area contributed by atoms with Crippen molar-refractivity contribution >= 4 is 16.9 Å². The molecule has 78 valence electrons. The molecule has 0 radical (unpaired) electrons. The fourth-order valence-electron chi connectivity index (χ4n) is 1.43. The molecule has 2 rings (SSSR count). The van der Waals surface area contributed by atoms with Crippen LogP contribution in [0.25, 0.3) is 11.2 Å². The van der Waals surface area contributed by atoms with E-state index in [1.807, 2.05) is 11.6 Å². The van der Waals surface area contributed by atoms with Gasteiger partial charge in [-0.1, -0.05) is 0 Å². The Labute approximate surface area is 87.1 Å². The number of carbonyl (C=O) groups is 1. The predicted octanol–water partition coefficient (Wildman–Crippen LogP) is 0.370. The van der Waals surface area contributed by atoms with Crippen molar-refractivity contribution in [3.05, 3.63) is 24.2 Å². The molecule has 1 N–H and O–H groups in total. The number of hydrogen-bond acceptors (Lipinski definition) is 4. The third-order valence-electron chi connectivity index (χ3n) is 2.21. The minimum Gasteiger partial charge on any atom is -0.318 e. The SMILES string of the molecule is CNCC(=O)c1cnc2c(c1)ncn2C. The van der Waals surface area contributed by atoms with Crippen LogP contribution in [-0.4, -0.2) is 33.9 Å². The Morgan fingerprint density at radius 3 is 3.07 bits per heavy atom. The number of pyridine rings is 1. The van der Waals surface area contributed by atoms with Crippen LogP contribution in [-0.2, 0) is 7.05 Å². The van der Waals surface area contributed by atoms with Gasteiger partial charge in [0.05, 0.1) is 12.9 Å². The van der Waals surface area contributed by atoms with Gasteiger partial charge in [-0.3, -0.25) is 4.79 Å². The number of imidazole rings is 1. The van der Waals surface area contributed by atoms with Crippen molar-refractivity contribution in [1.82, 2.24) is 19.9 Å². The average Bonchev–Trinajstić information content (AvgIpc) is 2.60. The molecule has 15 heavy (non-hydrogen) atoms. The number of aryl methyl sites for hydroxylation is 1. The summed E-state index contributed by atoms with van der Waals surface area (Å²) in [5.74, 6) is 0.0255. The van der Waals surface area contributed by atoms with Crippen LogP contribution in [0.5, 0.6) is 0 Å². The molecular formula is C10H12N4O. The molecule has 0 unspecified atom stereocenters. The van der Waals surface area contributed by atoms with Crippen LogP contribution < -0.4 is 5.32 Å². The van der Waals surface area contributed by atoms with E-state index in [1.165, 1.54) is 0 Å². The van der Waals surface area contributed by atoms with E-state index in [0.717, 1.165) is 11.2 Å². The molecule has 0 aliphatic rings. The first kappa shape index (κ1) is 9.79. The second-order valence-electron chi connectivity index (χ2n) is 3.38. The summed E-state index contributed by atoms with van der Waals surface area (Å²) in [6, 6.07) is 1.77. The quantitative estimate of drug-likeness (QED) is 0.734. The number of ketones is 1. The Morgan fingerprint density at radius 1 is 1.53 bits per heavy atom. The molecule has 2 aromatic heterocycles. The van der Waals surface area contributed by atoms with Crippen molar-refractivity contribution in [2.75, 3.05) is 13.6 Å². The normalized spacial score (nSPS) is 10.8. The first-order chi connectivity index (χ1) is 7.22. The van der Waals surface area contributed by atoms with Gasteiger partial charge in [0.1, 0.15) is 5.52 Å². The lowest BCUT2D eigenvalue weighted by atomic mass is 10.2. The van der Waals surface area contributed by atoms with Gasteiger partial charge in [0.2, 0.25) is 0 Å². The summed E-state index contributed by atoms with van der Waals surface area (Å²) >= 11 is 0. The number of fused-ring (bicyclic) bond motifs is 1. The van der Waals surface area contributed by atoms with Crippen molar-refractivity contribution in [2.45, 2.75) is 0 Å². The monoisotopic (exact) mass is 204 g/mol. The molecular weight excluding hydrogens is 192 g/mol. The van der Waals surface area contributed by atoms with E-state index in [1.54, 1.807) is 25.6 Å². The molecule has 0 atom stereocenters. The topological polar surface area (TPSA) is 59.8 Å². The lowest BCUT2D eigenvalue weighted by Crippen LogP contribution is -2.18. The molecule has 0 saturated heterocycles. The molecule has 2 aromatic rings. The molecule has 0 fully saturated rings. The number of Topliss-reactive ketones (excluding diaryl/α,β-unsaturated/α-hetero) is 1. The smallest absolute Gasteiger partial charge is 0.178 e. The van der Waals surface area contributed by atoms with Gasteiger partial charge in [-0.15, -0.1) is 0 Å². The van der Waals surface area contributed by atoms with E-state index >= 15 is 0 Å². The Kier molecular flexibility index (Phi) is 2.47. The molecule has 2 heterocycles. The number of likely N-dealkylation sites (N-methyl/N-ethyl adjacent to an activating group) is 1. The highest BCUT2D eigenvalue weighted by molar-refractivity contribution is 5.99. The second-order valence-corrected chi connectivity index (χ2v) is 3.38. The zero-order chi connectivity index (χ0) is 10.8.